The van der Waals surface area contributed by atoms with Gasteiger partial charge in [-0.05, 0) is 48.4 Å². The number of anilines is 1. The van der Waals surface area contributed by atoms with Gasteiger partial charge in [-0.1, -0.05) is 95.9 Å². The maximum Gasteiger partial charge on any atom is 0.269 e. The molecule has 0 saturated carbocycles. The first kappa shape index (κ1) is 30.3. The molecule has 46 heavy (non-hydrogen) atoms. The third-order valence-electron chi connectivity index (χ3n) is 8.29. The van der Waals surface area contributed by atoms with E-state index in [0.29, 0.717) is 10.3 Å². The molecule has 0 spiro atoms. The zero-order valence-electron chi connectivity index (χ0n) is 26.2. The standard InChI is InChI=1S/C38H34N3O2S3/c1-5-40-30-18-12-13-19-32(30)44-34(40)23-27(43-4)22-33-39(3)38(42)37(45-33)29(25-14-8-7-9-15-25)24-35-41(6-2)31-21-20-26-16-10-11-17-28(26)36(31)46-35/h7-24H,5-6H2,1-4H3/q+1/b35-24?,37-29-. The van der Waals surface area contributed by atoms with Crippen LogP contribution in [0.5, 0.6) is 0 Å². The fourth-order valence-corrected chi connectivity index (χ4v) is 9.52. The fraction of sp³-hybridized carbons (Fsp3) is 0.158. The monoisotopic (exact) mass is 660 g/mol. The van der Waals surface area contributed by atoms with Crippen molar-refractivity contribution in [1.29, 1.82) is 0 Å². The predicted octanol–water partition coefficient (Wildman–Crippen LogP) is 7.26. The van der Waals surface area contributed by atoms with Gasteiger partial charge in [0.25, 0.3) is 10.6 Å². The molecule has 1 aliphatic rings. The largest absolute Gasteiger partial charge is 0.496 e. The van der Waals surface area contributed by atoms with E-state index in [-0.39, 0.29) is 5.56 Å². The summed E-state index contributed by atoms with van der Waals surface area (Å²) in [6, 6.07) is 31.6. The first-order chi connectivity index (χ1) is 22.5. The van der Waals surface area contributed by atoms with Crippen LogP contribution in [0, 0.1) is 0 Å². The Morgan fingerprint density at radius 2 is 1.65 bits per heavy atom. The number of allylic oxidation sites excluding steroid dienone is 2. The molecule has 8 heteroatoms. The summed E-state index contributed by atoms with van der Waals surface area (Å²) >= 11 is 5.01. The Kier molecular flexibility index (Phi) is 8.42. The van der Waals surface area contributed by atoms with E-state index in [0.717, 1.165) is 38.9 Å². The molecule has 5 nitrogen and oxygen atoms in total. The van der Waals surface area contributed by atoms with Crippen LogP contribution in [-0.2, 0) is 18.3 Å². The molecule has 0 atom stereocenters. The minimum absolute atomic E-state index is 0.0260. The van der Waals surface area contributed by atoms with Crippen LogP contribution in [0.1, 0.15) is 24.4 Å². The maximum absolute atomic E-state index is 14.0. The van der Waals surface area contributed by atoms with Crippen molar-refractivity contribution < 1.29 is 9.30 Å². The van der Waals surface area contributed by atoms with Crippen LogP contribution in [0.15, 0.2) is 118 Å². The highest BCUT2D eigenvalue weighted by molar-refractivity contribution is 8.04. The zero-order chi connectivity index (χ0) is 31.8. The van der Waals surface area contributed by atoms with Gasteiger partial charge in [-0.25, -0.2) is 0 Å². The number of thiazole rings is 2. The molecule has 3 heterocycles. The van der Waals surface area contributed by atoms with E-state index in [9.17, 15) is 4.79 Å². The predicted molar refractivity (Wildman–Crippen MR) is 196 cm³/mol. The number of fused-ring (bicyclic) bond motifs is 4. The molecule has 230 valence electrons. The number of aryl methyl sites for hydroxylation is 1. The van der Waals surface area contributed by atoms with E-state index < -0.39 is 0 Å². The molecular formula is C38H34N3O2S3+. The molecule has 0 radical (unpaired) electrons. The number of thioether (sulfide) groups is 1. The van der Waals surface area contributed by atoms with Crippen molar-refractivity contribution in [2.45, 2.75) is 25.3 Å². The Balaban J connectivity index is 1.40. The van der Waals surface area contributed by atoms with Gasteiger partial charge < -0.3 is 14.2 Å². The van der Waals surface area contributed by atoms with E-state index in [1.54, 1.807) is 34.8 Å². The van der Waals surface area contributed by atoms with Crippen molar-refractivity contribution in [3.63, 3.8) is 0 Å². The van der Waals surface area contributed by atoms with Crippen molar-refractivity contribution in [3.8, 4) is 0 Å². The van der Waals surface area contributed by atoms with Crippen molar-refractivity contribution >= 4 is 78.8 Å². The lowest BCUT2D eigenvalue weighted by Crippen LogP contribution is -2.33. The zero-order valence-corrected chi connectivity index (χ0v) is 28.6. The van der Waals surface area contributed by atoms with Gasteiger partial charge in [-0.15, -0.1) is 11.3 Å². The Labute approximate surface area is 280 Å². The van der Waals surface area contributed by atoms with Crippen LogP contribution in [0.3, 0.4) is 0 Å². The van der Waals surface area contributed by atoms with Crippen LogP contribution < -0.4 is 24.2 Å². The lowest BCUT2D eigenvalue weighted by molar-refractivity contribution is -0.665. The Morgan fingerprint density at radius 1 is 0.891 bits per heavy atom. The highest BCUT2D eigenvalue weighted by Gasteiger charge is 2.26. The maximum atomic E-state index is 14.0. The van der Waals surface area contributed by atoms with Crippen molar-refractivity contribution in [1.82, 2.24) is 4.57 Å². The molecule has 0 aliphatic carbocycles. The van der Waals surface area contributed by atoms with Gasteiger partial charge in [0.05, 0.1) is 23.9 Å². The van der Waals surface area contributed by atoms with Gasteiger partial charge in [0, 0.05) is 36.2 Å². The van der Waals surface area contributed by atoms with E-state index >= 15 is 0 Å². The molecule has 0 bridgehead atoms. The molecule has 0 fully saturated rings. The number of benzene rings is 4. The molecule has 4 aromatic carbocycles. The van der Waals surface area contributed by atoms with Crippen LogP contribution in [0.2, 0.25) is 0 Å². The summed E-state index contributed by atoms with van der Waals surface area (Å²) in [5.41, 5.74) is 4.31. The lowest BCUT2D eigenvalue weighted by Gasteiger charge is -2.18. The lowest BCUT2D eigenvalue weighted by atomic mass is 10.1. The first-order valence-corrected chi connectivity index (χ1v) is 17.8. The van der Waals surface area contributed by atoms with Crippen LogP contribution in [-0.4, -0.2) is 18.2 Å². The molecule has 0 amide bonds. The molecule has 0 saturated heterocycles. The summed E-state index contributed by atoms with van der Waals surface area (Å²) in [5, 5.41) is 4.69. The quantitative estimate of drug-likeness (QED) is 0.134. The number of aromatic nitrogens is 2. The van der Waals surface area contributed by atoms with Crippen molar-refractivity contribution in [3.05, 3.63) is 138 Å². The number of methoxy groups -OCH3 is 1. The highest BCUT2D eigenvalue weighted by atomic mass is 32.2. The second kappa shape index (κ2) is 12.8. The summed E-state index contributed by atoms with van der Waals surface area (Å²) in [5.74, 6) is 0.697. The van der Waals surface area contributed by atoms with Crippen LogP contribution in [0.25, 0.3) is 38.7 Å². The van der Waals surface area contributed by atoms with Gasteiger partial charge in [0.1, 0.15) is 26.2 Å². The summed E-state index contributed by atoms with van der Waals surface area (Å²) in [4.78, 5) is 17.6. The van der Waals surface area contributed by atoms with Gasteiger partial charge in [0.2, 0.25) is 5.52 Å². The Bertz CT molecular complexity index is 2350. The molecular weight excluding hydrogens is 627 g/mol. The second-order valence-corrected chi connectivity index (χ2v) is 14.0. The number of ether oxygens (including phenoxy) is 1. The van der Waals surface area contributed by atoms with Gasteiger partial charge in [-0.2, -0.15) is 4.57 Å². The Morgan fingerprint density at radius 3 is 2.43 bits per heavy atom. The Hall–Kier alpha value is -4.37. The van der Waals surface area contributed by atoms with E-state index in [1.165, 1.54) is 42.9 Å². The van der Waals surface area contributed by atoms with Crippen molar-refractivity contribution in [2.75, 3.05) is 18.6 Å². The number of hydrogen-bond acceptors (Lipinski definition) is 6. The summed E-state index contributed by atoms with van der Waals surface area (Å²) in [7, 11) is 3.52. The SMILES string of the molecule is CCN1C(=C/C(c2ccccc2)=c2/s/c(=C/C(=Cc3sc4ccccc4[n+]3CC)OC)n(C)c2=O)Sc2c1ccc1ccccc21. The molecule has 2 aromatic heterocycles. The number of hydrogen-bond donors (Lipinski definition) is 0. The summed E-state index contributed by atoms with van der Waals surface area (Å²) in [6.07, 6.45) is 6.24. The molecule has 1 aliphatic heterocycles. The summed E-state index contributed by atoms with van der Waals surface area (Å²) in [6.45, 7) is 6.01. The van der Waals surface area contributed by atoms with Gasteiger partial charge in [-0.3, -0.25) is 4.79 Å². The number of nitrogens with zero attached hydrogens (tertiary/aromatic N) is 3. The van der Waals surface area contributed by atoms with Crippen LogP contribution in [0.4, 0.5) is 5.69 Å². The third kappa shape index (κ3) is 5.40. The summed E-state index contributed by atoms with van der Waals surface area (Å²) < 4.78 is 12.6. The van der Waals surface area contributed by atoms with Gasteiger partial charge >= 0.3 is 0 Å². The van der Waals surface area contributed by atoms with Crippen molar-refractivity contribution in [2.24, 2.45) is 7.05 Å². The second-order valence-electron chi connectivity index (χ2n) is 10.9. The van der Waals surface area contributed by atoms with E-state index in [1.807, 2.05) is 31.3 Å². The molecule has 0 N–H and O–H groups in total. The minimum atomic E-state index is -0.0260. The highest BCUT2D eigenvalue weighted by Crippen LogP contribution is 2.49. The van der Waals surface area contributed by atoms with E-state index in [2.05, 4.69) is 108 Å². The molecule has 0 unspecified atom stereocenters. The normalized spacial score (nSPS) is 15.3. The first-order valence-electron chi connectivity index (χ1n) is 15.3. The minimum Gasteiger partial charge on any atom is -0.496 e. The third-order valence-corrected chi connectivity index (χ3v) is 11.8. The topological polar surface area (TPSA) is 38.4 Å². The number of para-hydroxylation sites is 1. The fourth-order valence-electron chi connectivity index (χ4n) is 5.94. The van der Waals surface area contributed by atoms with Gasteiger partial charge in [0.15, 0.2) is 0 Å². The molecule has 6 aromatic rings. The molecule has 7 rings (SSSR count). The average Bonchev–Trinajstić information content (AvgIpc) is 3.73. The number of rotatable bonds is 7. The van der Waals surface area contributed by atoms with E-state index in [4.69, 9.17) is 4.74 Å². The van der Waals surface area contributed by atoms with Crippen LogP contribution >= 0.6 is 34.4 Å². The smallest absolute Gasteiger partial charge is 0.269 e. The average molecular weight is 661 g/mol.